The van der Waals surface area contributed by atoms with Gasteiger partial charge in [0.05, 0.1) is 11.3 Å². The summed E-state index contributed by atoms with van der Waals surface area (Å²) in [6.45, 7) is 0. The second-order valence-corrected chi connectivity index (χ2v) is 9.84. The zero-order valence-corrected chi connectivity index (χ0v) is 19.9. The second-order valence-electron chi connectivity index (χ2n) is 9.44. The van der Waals surface area contributed by atoms with Crippen LogP contribution < -0.4 is 10.7 Å². The Morgan fingerprint density at radius 2 is 1.86 bits per heavy atom. The van der Waals surface area contributed by atoms with Crippen molar-refractivity contribution in [1.29, 1.82) is 0 Å². The van der Waals surface area contributed by atoms with Gasteiger partial charge in [-0.3, -0.25) is 14.4 Å². The van der Waals surface area contributed by atoms with Crippen molar-refractivity contribution in [3.63, 3.8) is 0 Å². The number of benzene rings is 2. The van der Waals surface area contributed by atoms with Gasteiger partial charge in [0.15, 0.2) is 0 Å². The molecule has 7 nitrogen and oxygen atoms in total. The number of aromatic nitrogens is 2. The standard InChI is InChI=1S/C28H22ClN3O4/c29-24-12-16(6-9-19(24)21-13-22(21)28(35)36)15-3-1-4-18(11-15)32-14-23(27(34)31-17-7-8-17)25(33)20-5-2-10-30-26(20)32/h1-6,9-12,14,17,21-22H,7-8,13H2,(H,31,34)(H,35,36)/t21-,22+/m0/s1. The highest BCUT2D eigenvalue weighted by Gasteiger charge is 2.45. The predicted molar refractivity (Wildman–Crippen MR) is 137 cm³/mol. The lowest BCUT2D eigenvalue weighted by molar-refractivity contribution is -0.138. The first-order valence-electron chi connectivity index (χ1n) is 11.8. The first kappa shape index (κ1) is 22.5. The minimum absolute atomic E-state index is 0.0470. The average molecular weight is 500 g/mol. The summed E-state index contributed by atoms with van der Waals surface area (Å²) in [4.78, 5) is 41.6. The molecule has 4 aromatic rings. The Labute approximate surface area is 211 Å². The van der Waals surface area contributed by atoms with E-state index in [1.165, 1.54) is 0 Å². The number of pyridine rings is 2. The number of nitrogens with zero attached hydrogens (tertiary/aromatic N) is 2. The van der Waals surface area contributed by atoms with E-state index in [1.807, 2.05) is 42.5 Å². The van der Waals surface area contributed by atoms with E-state index >= 15 is 0 Å². The fraction of sp³-hybridized carbons (Fsp3) is 0.214. The van der Waals surface area contributed by atoms with Crippen LogP contribution in [0.25, 0.3) is 27.8 Å². The molecule has 2 heterocycles. The molecule has 6 rings (SSSR count). The molecule has 2 saturated carbocycles. The summed E-state index contributed by atoms with van der Waals surface area (Å²) in [6, 6.07) is 16.9. The summed E-state index contributed by atoms with van der Waals surface area (Å²) >= 11 is 6.55. The number of fused-ring (bicyclic) bond motifs is 1. The van der Waals surface area contributed by atoms with Crippen LogP contribution in [0, 0.1) is 5.92 Å². The third kappa shape index (κ3) is 4.05. The van der Waals surface area contributed by atoms with Gasteiger partial charge < -0.3 is 15.0 Å². The van der Waals surface area contributed by atoms with Crippen LogP contribution in [0.2, 0.25) is 5.02 Å². The van der Waals surface area contributed by atoms with Crippen LogP contribution in [0.1, 0.15) is 41.1 Å². The molecular weight excluding hydrogens is 478 g/mol. The largest absolute Gasteiger partial charge is 0.481 e. The van der Waals surface area contributed by atoms with Crippen molar-refractivity contribution in [3.05, 3.63) is 93.4 Å². The summed E-state index contributed by atoms with van der Waals surface area (Å²) in [5.74, 6) is -1.58. The first-order chi connectivity index (χ1) is 17.4. The number of amides is 1. The molecule has 8 heteroatoms. The van der Waals surface area contributed by atoms with Crippen molar-refractivity contribution in [3.8, 4) is 16.8 Å². The number of carboxylic acid groups (broad SMARTS) is 1. The van der Waals surface area contributed by atoms with Gasteiger partial charge >= 0.3 is 5.97 Å². The van der Waals surface area contributed by atoms with Crippen LogP contribution in [0.15, 0.2) is 71.8 Å². The van der Waals surface area contributed by atoms with Crippen molar-refractivity contribution in [2.45, 2.75) is 31.2 Å². The van der Waals surface area contributed by atoms with Gasteiger partial charge in [0.2, 0.25) is 5.43 Å². The maximum atomic E-state index is 13.1. The normalized spacial score (nSPS) is 18.7. The number of carbonyl (C=O) groups excluding carboxylic acids is 1. The lowest BCUT2D eigenvalue weighted by Crippen LogP contribution is -2.31. The molecule has 0 unspecified atom stereocenters. The molecule has 0 spiro atoms. The fourth-order valence-electron chi connectivity index (χ4n) is 4.66. The number of hydrogen-bond donors (Lipinski definition) is 2. The molecule has 0 aliphatic heterocycles. The molecule has 36 heavy (non-hydrogen) atoms. The molecule has 0 bridgehead atoms. The maximum absolute atomic E-state index is 13.1. The molecule has 0 saturated heterocycles. The number of nitrogens with one attached hydrogen (secondary N) is 1. The molecule has 2 aromatic carbocycles. The highest BCUT2D eigenvalue weighted by atomic mass is 35.5. The van der Waals surface area contributed by atoms with Gasteiger partial charge in [-0.1, -0.05) is 35.9 Å². The lowest BCUT2D eigenvalue weighted by atomic mass is 10.0. The van der Waals surface area contributed by atoms with E-state index in [0.29, 0.717) is 22.5 Å². The van der Waals surface area contributed by atoms with Gasteiger partial charge in [0, 0.05) is 29.1 Å². The number of carboxylic acids is 1. The number of rotatable bonds is 6. The number of hydrogen-bond acceptors (Lipinski definition) is 4. The van der Waals surface area contributed by atoms with Gasteiger partial charge in [0.25, 0.3) is 5.91 Å². The molecular formula is C28H22ClN3O4. The number of halogens is 1. The van der Waals surface area contributed by atoms with E-state index < -0.39 is 5.97 Å². The van der Waals surface area contributed by atoms with Crippen LogP contribution in [0.3, 0.4) is 0 Å². The topological polar surface area (TPSA) is 101 Å². The van der Waals surface area contributed by atoms with Crippen molar-refractivity contribution in [1.82, 2.24) is 14.9 Å². The zero-order chi connectivity index (χ0) is 25.0. The van der Waals surface area contributed by atoms with Crippen molar-refractivity contribution < 1.29 is 14.7 Å². The van der Waals surface area contributed by atoms with Crippen molar-refractivity contribution >= 4 is 34.5 Å². The summed E-state index contributed by atoms with van der Waals surface area (Å²) in [5.41, 5.74) is 3.56. The Hall–Kier alpha value is -3.97. The first-order valence-corrected chi connectivity index (χ1v) is 12.2. The molecule has 2 aromatic heterocycles. The summed E-state index contributed by atoms with van der Waals surface area (Å²) < 4.78 is 1.76. The minimum Gasteiger partial charge on any atom is -0.481 e. The van der Waals surface area contributed by atoms with Crippen LogP contribution in [0.4, 0.5) is 0 Å². The quantitative estimate of drug-likeness (QED) is 0.397. The van der Waals surface area contributed by atoms with E-state index in [9.17, 15) is 19.5 Å². The molecule has 1 amide bonds. The van der Waals surface area contributed by atoms with Crippen molar-refractivity contribution in [2.24, 2.45) is 5.92 Å². The van der Waals surface area contributed by atoms with E-state index in [2.05, 4.69) is 10.3 Å². The molecule has 0 radical (unpaired) electrons. The average Bonchev–Trinajstić information content (AvgIpc) is 3.80. The highest BCUT2D eigenvalue weighted by Crippen LogP contribution is 2.50. The van der Waals surface area contributed by atoms with E-state index in [1.54, 1.807) is 29.1 Å². The fourth-order valence-corrected chi connectivity index (χ4v) is 4.98. The molecule has 2 fully saturated rings. The van der Waals surface area contributed by atoms with E-state index in [-0.39, 0.29) is 34.8 Å². The van der Waals surface area contributed by atoms with Crippen molar-refractivity contribution in [2.75, 3.05) is 0 Å². The summed E-state index contributed by atoms with van der Waals surface area (Å²) in [7, 11) is 0. The Bertz CT molecular complexity index is 1610. The summed E-state index contributed by atoms with van der Waals surface area (Å²) in [6.07, 6.45) is 5.63. The lowest BCUT2D eigenvalue weighted by Gasteiger charge is -2.14. The zero-order valence-electron chi connectivity index (χ0n) is 19.1. The third-order valence-corrected chi connectivity index (χ3v) is 7.21. The van der Waals surface area contributed by atoms with Crippen LogP contribution >= 0.6 is 11.6 Å². The highest BCUT2D eigenvalue weighted by molar-refractivity contribution is 6.31. The van der Waals surface area contributed by atoms with E-state index in [0.717, 1.165) is 35.2 Å². The Morgan fingerprint density at radius 1 is 1.06 bits per heavy atom. The predicted octanol–water partition coefficient (Wildman–Crippen LogP) is 4.79. The van der Waals surface area contributed by atoms with Gasteiger partial charge in [-0.15, -0.1) is 0 Å². The van der Waals surface area contributed by atoms with E-state index in [4.69, 9.17) is 11.6 Å². The monoisotopic (exact) mass is 499 g/mol. The van der Waals surface area contributed by atoms with Gasteiger partial charge in [-0.05, 0) is 72.2 Å². The Balaban J connectivity index is 1.41. The van der Waals surface area contributed by atoms with Gasteiger partial charge in [0.1, 0.15) is 11.2 Å². The minimum atomic E-state index is -0.792. The molecule has 2 atom stereocenters. The van der Waals surface area contributed by atoms with Crippen LogP contribution in [-0.4, -0.2) is 32.6 Å². The van der Waals surface area contributed by atoms with Crippen LogP contribution in [0.5, 0.6) is 0 Å². The van der Waals surface area contributed by atoms with Gasteiger partial charge in [-0.2, -0.15) is 0 Å². The number of carbonyl (C=O) groups is 2. The SMILES string of the molecule is O=C(NC1CC1)c1cn(-c2cccc(-c3ccc([C@@H]4C[C@H]4C(=O)O)c(Cl)c3)c2)c2ncccc2c1=O. The summed E-state index contributed by atoms with van der Waals surface area (Å²) in [5, 5.41) is 13.1. The molecule has 2 aliphatic rings. The number of aliphatic carboxylic acids is 1. The second kappa shape index (κ2) is 8.60. The molecule has 2 N–H and O–H groups in total. The Kier molecular flexibility index (Phi) is 5.38. The van der Waals surface area contributed by atoms with Gasteiger partial charge in [-0.25, -0.2) is 4.98 Å². The molecule has 2 aliphatic carbocycles. The third-order valence-electron chi connectivity index (χ3n) is 6.88. The Morgan fingerprint density at radius 3 is 2.58 bits per heavy atom. The van der Waals surface area contributed by atoms with Crippen LogP contribution in [-0.2, 0) is 4.79 Å². The molecule has 180 valence electrons. The smallest absolute Gasteiger partial charge is 0.307 e. The maximum Gasteiger partial charge on any atom is 0.307 e.